The highest BCUT2D eigenvalue weighted by Crippen LogP contribution is 2.21. The van der Waals surface area contributed by atoms with Gasteiger partial charge in [-0.05, 0) is 83.0 Å². The zero-order chi connectivity index (χ0) is 14.3. The Bertz CT molecular complexity index is 233. The summed E-state index contributed by atoms with van der Waals surface area (Å²) in [5.41, 5.74) is 0. The van der Waals surface area contributed by atoms with Crippen LogP contribution in [0, 0.1) is 0 Å². The van der Waals surface area contributed by atoms with E-state index in [4.69, 9.17) is 4.74 Å². The molecule has 0 aliphatic heterocycles. The van der Waals surface area contributed by atoms with E-state index in [0.29, 0.717) is 0 Å². The SMILES string of the molecule is CCCCCCC=C(I)OC(I)=CCCCCCC. The van der Waals surface area contributed by atoms with E-state index in [-0.39, 0.29) is 0 Å². The Morgan fingerprint density at radius 2 is 1.16 bits per heavy atom. The van der Waals surface area contributed by atoms with E-state index in [2.05, 4.69) is 71.2 Å². The van der Waals surface area contributed by atoms with Crippen molar-refractivity contribution in [2.24, 2.45) is 0 Å². The van der Waals surface area contributed by atoms with E-state index in [1.54, 1.807) is 0 Å². The Morgan fingerprint density at radius 3 is 1.53 bits per heavy atom. The monoisotopic (exact) mass is 490 g/mol. The lowest BCUT2D eigenvalue weighted by molar-refractivity contribution is 0.384. The fraction of sp³-hybridized carbons (Fsp3) is 0.750. The maximum atomic E-state index is 5.76. The van der Waals surface area contributed by atoms with Crippen LogP contribution in [0.15, 0.2) is 19.7 Å². The molecule has 19 heavy (non-hydrogen) atoms. The Labute approximate surface area is 146 Å². The zero-order valence-corrected chi connectivity index (χ0v) is 16.7. The molecule has 0 aromatic rings. The van der Waals surface area contributed by atoms with Crippen LogP contribution in [0.1, 0.15) is 78.1 Å². The summed E-state index contributed by atoms with van der Waals surface area (Å²) in [6.07, 6.45) is 17.2. The van der Waals surface area contributed by atoms with Crippen molar-refractivity contribution in [1.29, 1.82) is 0 Å². The van der Waals surface area contributed by atoms with Crippen LogP contribution in [-0.2, 0) is 4.74 Å². The zero-order valence-electron chi connectivity index (χ0n) is 12.4. The first-order valence-corrected chi connectivity index (χ1v) is 9.75. The Morgan fingerprint density at radius 1 is 0.737 bits per heavy atom. The van der Waals surface area contributed by atoms with Crippen LogP contribution in [0.3, 0.4) is 0 Å². The van der Waals surface area contributed by atoms with Crippen LogP contribution in [0.5, 0.6) is 0 Å². The maximum absolute atomic E-state index is 5.76. The van der Waals surface area contributed by atoms with Gasteiger partial charge in [-0.15, -0.1) is 0 Å². The summed E-state index contributed by atoms with van der Waals surface area (Å²) >= 11 is 4.57. The van der Waals surface area contributed by atoms with Gasteiger partial charge in [-0.1, -0.05) is 52.4 Å². The van der Waals surface area contributed by atoms with Gasteiger partial charge in [0.15, 0.2) is 7.53 Å². The summed E-state index contributed by atoms with van der Waals surface area (Å²) in [5, 5.41) is 0. The molecule has 0 amide bonds. The predicted octanol–water partition coefficient (Wildman–Crippen LogP) is 7.50. The van der Waals surface area contributed by atoms with Gasteiger partial charge in [0.05, 0.1) is 0 Å². The van der Waals surface area contributed by atoms with Gasteiger partial charge < -0.3 is 4.74 Å². The normalized spacial score (nSPS) is 12.8. The van der Waals surface area contributed by atoms with Gasteiger partial charge in [-0.25, -0.2) is 0 Å². The van der Waals surface area contributed by atoms with Gasteiger partial charge in [0.1, 0.15) is 0 Å². The second-order valence-electron chi connectivity index (χ2n) is 4.82. The molecule has 0 spiro atoms. The molecule has 0 aromatic heterocycles. The number of rotatable bonds is 12. The maximum Gasteiger partial charge on any atom is 0.161 e. The highest BCUT2D eigenvalue weighted by atomic mass is 127. The van der Waals surface area contributed by atoms with Crippen molar-refractivity contribution >= 4 is 45.2 Å². The number of hydrogen-bond acceptors (Lipinski definition) is 1. The first-order valence-electron chi connectivity index (χ1n) is 7.59. The van der Waals surface area contributed by atoms with Crippen LogP contribution in [0.25, 0.3) is 0 Å². The summed E-state index contributed by atoms with van der Waals surface area (Å²) < 4.78 is 7.79. The van der Waals surface area contributed by atoms with Crippen molar-refractivity contribution in [1.82, 2.24) is 0 Å². The quantitative estimate of drug-likeness (QED) is 0.157. The van der Waals surface area contributed by atoms with Crippen molar-refractivity contribution in [2.75, 3.05) is 0 Å². The third-order valence-corrected chi connectivity index (χ3v) is 4.24. The average molecular weight is 490 g/mol. The smallest absolute Gasteiger partial charge is 0.161 e. The van der Waals surface area contributed by atoms with Crippen LogP contribution >= 0.6 is 45.2 Å². The molecule has 0 saturated heterocycles. The summed E-state index contributed by atoms with van der Waals surface area (Å²) in [6, 6.07) is 0. The first-order chi connectivity index (χ1) is 9.20. The van der Waals surface area contributed by atoms with Gasteiger partial charge in [-0.3, -0.25) is 0 Å². The highest BCUT2D eigenvalue weighted by molar-refractivity contribution is 14.1. The number of hydrogen-bond donors (Lipinski definition) is 0. The molecular formula is C16H28I2O. The Hall–Kier alpha value is 0.740. The van der Waals surface area contributed by atoms with E-state index in [1.807, 2.05) is 0 Å². The highest BCUT2D eigenvalue weighted by Gasteiger charge is 1.96. The lowest BCUT2D eigenvalue weighted by Crippen LogP contribution is -1.82. The van der Waals surface area contributed by atoms with E-state index in [9.17, 15) is 0 Å². The standard InChI is InChI=1S/C16H28I2O/c1-3-5-7-9-11-13-15(17)19-16(18)14-12-10-8-6-4-2/h13-14H,3-12H2,1-2H3. The lowest BCUT2D eigenvalue weighted by atomic mass is 10.1. The molecule has 0 rings (SSSR count). The van der Waals surface area contributed by atoms with Crippen molar-refractivity contribution < 1.29 is 4.74 Å². The molecule has 0 radical (unpaired) electrons. The molecule has 0 unspecified atom stereocenters. The fourth-order valence-corrected chi connectivity index (χ4v) is 3.27. The minimum absolute atomic E-state index is 1.02. The average Bonchev–Trinajstić information content (AvgIpc) is 2.38. The number of halogens is 2. The number of allylic oxidation sites excluding steroid dienone is 2. The lowest BCUT2D eigenvalue weighted by Gasteiger charge is -2.03. The van der Waals surface area contributed by atoms with Crippen molar-refractivity contribution in [3.8, 4) is 0 Å². The van der Waals surface area contributed by atoms with Crippen molar-refractivity contribution in [3.63, 3.8) is 0 Å². The molecule has 0 aromatic carbocycles. The molecule has 0 bridgehead atoms. The molecule has 0 aliphatic carbocycles. The van der Waals surface area contributed by atoms with Gasteiger partial charge in [0, 0.05) is 0 Å². The molecular weight excluding hydrogens is 462 g/mol. The molecule has 0 atom stereocenters. The van der Waals surface area contributed by atoms with Crippen LogP contribution in [0.2, 0.25) is 0 Å². The first kappa shape index (κ1) is 19.7. The molecule has 0 saturated carbocycles. The molecule has 3 heteroatoms. The van der Waals surface area contributed by atoms with Gasteiger partial charge in [-0.2, -0.15) is 0 Å². The summed E-state index contributed by atoms with van der Waals surface area (Å²) in [5.74, 6) is 0. The van der Waals surface area contributed by atoms with E-state index in [1.165, 1.54) is 51.4 Å². The molecule has 0 aliphatic rings. The van der Waals surface area contributed by atoms with E-state index in [0.717, 1.165) is 20.4 Å². The largest absolute Gasteiger partial charge is 0.445 e. The van der Waals surface area contributed by atoms with Crippen LogP contribution < -0.4 is 0 Å². The van der Waals surface area contributed by atoms with Gasteiger partial charge >= 0.3 is 0 Å². The van der Waals surface area contributed by atoms with E-state index >= 15 is 0 Å². The summed E-state index contributed by atoms with van der Waals surface area (Å²) in [4.78, 5) is 0. The second kappa shape index (κ2) is 15.1. The fourth-order valence-electron chi connectivity index (χ4n) is 1.75. The summed E-state index contributed by atoms with van der Waals surface area (Å²) in [6.45, 7) is 4.49. The second-order valence-corrected chi connectivity index (χ2v) is 6.94. The van der Waals surface area contributed by atoms with Crippen molar-refractivity contribution in [3.05, 3.63) is 19.7 Å². The molecule has 0 fully saturated rings. The van der Waals surface area contributed by atoms with Crippen LogP contribution in [-0.4, -0.2) is 0 Å². The minimum Gasteiger partial charge on any atom is -0.445 e. The van der Waals surface area contributed by atoms with Crippen molar-refractivity contribution in [2.45, 2.75) is 78.1 Å². The molecule has 0 N–H and O–H groups in total. The Balaban J connectivity index is 3.68. The minimum atomic E-state index is 1.02. The Kier molecular flexibility index (Phi) is 15.7. The summed E-state index contributed by atoms with van der Waals surface area (Å²) in [7, 11) is 0. The topological polar surface area (TPSA) is 9.23 Å². The van der Waals surface area contributed by atoms with Gasteiger partial charge in [0.2, 0.25) is 0 Å². The predicted molar refractivity (Wildman–Crippen MR) is 103 cm³/mol. The molecule has 112 valence electrons. The van der Waals surface area contributed by atoms with Gasteiger partial charge in [0.25, 0.3) is 0 Å². The third-order valence-electron chi connectivity index (χ3n) is 2.92. The molecule has 1 nitrogen and oxygen atoms in total. The number of ether oxygens (including phenoxy) is 1. The molecule has 0 heterocycles. The van der Waals surface area contributed by atoms with E-state index < -0.39 is 0 Å². The van der Waals surface area contributed by atoms with Crippen LogP contribution in [0.4, 0.5) is 0 Å². The third kappa shape index (κ3) is 15.0. The number of unbranched alkanes of at least 4 members (excludes halogenated alkanes) is 8.